The minimum absolute atomic E-state index is 0.284. The summed E-state index contributed by atoms with van der Waals surface area (Å²) in [5, 5.41) is 2.56. The van der Waals surface area contributed by atoms with Gasteiger partial charge in [0.2, 0.25) is 0 Å². The Labute approximate surface area is 165 Å². The Hall–Kier alpha value is -2.87. The van der Waals surface area contributed by atoms with Gasteiger partial charge in [-0.25, -0.2) is 0 Å². The Kier molecular flexibility index (Phi) is 4.57. The summed E-state index contributed by atoms with van der Waals surface area (Å²) in [5.74, 6) is 2.36. The van der Waals surface area contributed by atoms with Crippen molar-refractivity contribution >= 4 is 49.8 Å². The molecular weight excluding hydrogens is 376 g/mol. The summed E-state index contributed by atoms with van der Waals surface area (Å²) in [6.45, 7) is 2.27. The number of aryl methyl sites for hydroxylation is 1. The number of benzene rings is 3. The minimum atomic E-state index is -0.284. The Morgan fingerprint density at radius 2 is 1.96 bits per heavy atom. The summed E-state index contributed by atoms with van der Waals surface area (Å²) >= 11 is 7.71. The summed E-state index contributed by atoms with van der Waals surface area (Å²) in [7, 11) is 0. The lowest BCUT2D eigenvalue weighted by atomic mass is 10.0. The van der Waals surface area contributed by atoms with Crippen molar-refractivity contribution < 1.29 is 4.79 Å². The van der Waals surface area contributed by atoms with E-state index in [1.807, 2.05) is 60.0 Å². The normalized spacial score (nSPS) is 11.8. The number of hydrogen-bond acceptors (Lipinski definition) is 2. The lowest BCUT2D eigenvalue weighted by Crippen LogP contribution is -2.17. The quantitative estimate of drug-likeness (QED) is 0.433. The van der Waals surface area contributed by atoms with Gasteiger partial charge in [0.15, 0.2) is 4.80 Å². The van der Waals surface area contributed by atoms with E-state index in [2.05, 4.69) is 10.9 Å². The second-order valence-electron chi connectivity index (χ2n) is 6.14. The SMILES string of the molecule is C#CCn1c(=NC(=O)c2cccc3ccccc23)sc2ccc(Cl)c(C)c21. The third-order valence-electron chi connectivity index (χ3n) is 4.50. The standard InChI is InChI=1S/C22H15ClN2OS/c1-3-13-25-20-14(2)18(23)11-12-19(20)27-22(25)24-21(26)17-10-6-8-15-7-4-5-9-16(15)17/h1,4-12H,13H2,2H3. The van der Waals surface area contributed by atoms with Crippen LogP contribution in [0.1, 0.15) is 15.9 Å². The fourth-order valence-corrected chi connectivity index (χ4v) is 4.44. The molecule has 5 heteroatoms. The fraction of sp³-hybridized carbons (Fsp3) is 0.0909. The van der Waals surface area contributed by atoms with Crippen LogP contribution in [0.15, 0.2) is 59.6 Å². The highest BCUT2D eigenvalue weighted by molar-refractivity contribution is 7.16. The van der Waals surface area contributed by atoms with Gasteiger partial charge < -0.3 is 4.57 Å². The second-order valence-corrected chi connectivity index (χ2v) is 7.55. The molecule has 0 aliphatic carbocycles. The van der Waals surface area contributed by atoms with Crippen LogP contribution < -0.4 is 4.80 Å². The summed E-state index contributed by atoms with van der Waals surface area (Å²) < 4.78 is 2.88. The lowest BCUT2D eigenvalue weighted by Gasteiger charge is -2.05. The maximum atomic E-state index is 13.0. The van der Waals surface area contributed by atoms with E-state index in [0.29, 0.717) is 21.9 Å². The van der Waals surface area contributed by atoms with Gasteiger partial charge in [-0.1, -0.05) is 65.3 Å². The maximum Gasteiger partial charge on any atom is 0.280 e. The third-order valence-corrected chi connectivity index (χ3v) is 5.95. The van der Waals surface area contributed by atoms with Crippen molar-refractivity contribution in [3.63, 3.8) is 0 Å². The van der Waals surface area contributed by atoms with Crippen molar-refractivity contribution in [2.75, 3.05) is 0 Å². The van der Waals surface area contributed by atoms with Gasteiger partial charge in [-0.2, -0.15) is 4.99 Å². The van der Waals surface area contributed by atoms with Crippen LogP contribution in [0.25, 0.3) is 21.0 Å². The number of amides is 1. The molecule has 0 saturated heterocycles. The van der Waals surface area contributed by atoms with Crippen LogP contribution in [0.5, 0.6) is 0 Å². The largest absolute Gasteiger partial charge is 0.304 e. The molecule has 132 valence electrons. The van der Waals surface area contributed by atoms with Crippen LogP contribution >= 0.6 is 22.9 Å². The molecule has 1 amide bonds. The van der Waals surface area contributed by atoms with Crippen molar-refractivity contribution in [1.29, 1.82) is 0 Å². The molecule has 0 radical (unpaired) electrons. The summed E-state index contributed by atoms with van der Waals surface area (Å²) in [6.07, 6.45) is 5.56. The monoisotopic (exact) mass is 390 g/mol. The van der Waals surface area contributed by atoms with Crippen LogP contribution in [-0.2, 0) is 6.54 Å². The molecule has 1 aromatic heterocycles. The molecule has 0 unspecified atom stereocenters. The van der Waals surface area contributed by atoms with E-state index in [1.54, 1.807) is 6.07 Å². The van der Waals surface area contributed by atoms with Crippen molar-refractivity contribution in [3.05, 3.63) is 75.5 Å². The molecule has 3 nitrogen and oxygen atoms in total. The average Bonchev–Trinajstić information content (AvgIpc) is 3.02. The Morgan fingerprint density at radius 1 is 1.19 bits per heavy atom. The number of thiazole rings is 1. The number of terminal acetylenes is 1. The molecule has 4 aromatic rings. The predicted molar refractivity (Wildman–Crippen MR) is 112 cm³/mol. The van der Waals surface area contributed by atoms with Crippen LogP contribution in [0.3, 0.4) is 0 Å². The smallest absolute Gasteiger partial charge is 0.280 e. The summed E-state index contributed by atoms with van der Waals surface area (Å²) in [5.41, 5.74) is 2.43. The number of carbonyl (C=O) groups is 1. The van der Waals surface area contributed by atoms with Crippen LogP contribution in [0, 0.1) is 19.3 Å². The first-order valence-corrected chi connectivity index (χ1v) is 9.58. The molecule has 3 aromatic carbocycles. The number of fused-ring (bicyclic) bond motifs is 2. The molecule has 0 fully saturated rings. The molecule has 0 aliphatic heterocycles. The van der Waals surface area contributed by atoms with Gasteiger partial charge in [0, 0.05) is 10.6 Å². The van der Waals surface area contributed by atoms with Gasteiger partial charge in [-0.3, -0.25) is 4.79 Å². The molecule has 0 aliphatic rings. The average molecular weight is 391 g/mol. The first kappa shape index (κ1) is 17.5. The van der Waals surface area contributed by atoms with Crippen LogP contribution in [-0.4, -0.2) is 10.5 Å². The van der Waals surface area contributed by atoms with E-state index >= 15 is 0 Å². The third kappa shape index (κ3) is 3.06. The fourth-order valence-electron chi connectivity index (χ4n) is 3.20. The van der Waals surface area contributed by atoms with Crippen LogP contribution in [0.4, 0.5) is 0 Å². The van der Waals surface area contributed by atoms with Gasteiger partial charge >= 0.3 is 0 Å². The topological polar surface area (TPSA) is 34.4 Å². The number of aromatic nitrogens is 1. The molecule has 4 rings (SSSR count). The van der Waals surface area contributed by atoms with Gasteiger partial charge in [0.1, 0.15) is 0 Å². The van der Waals surface area contributed by atoms with Crippen molar-refractivity contribution in [3.8, 4) is 12.3 Å². The van der Waals surface area contributed by atoms with Gasteiger partial charge in [-0.15, -0.1) is 6.42 Å². The zero-order valence-corrected chi connectivity index (χ0v) is 16.1. The van der Waals surface area contributed by atoms with E-state index < -0.39 is 0 Å². The van der Waals surface area contributed by atoms with Gasteiger partial charge in [0.05, 0.1) is 16.8 Å². The first-order chi connectivity index (χ1) is 13.1. The molecular formula is C22H15ClN2OS. The minimum Gasteiger partial charge on any atom is -0.304 e. The highest BCUT2D eigenvalue weighted by Gasteiger charge is 2.13. The Morgan fingerprint density at radius 3 is 2.78 bits per heavy atom. The summed E-state index contributed by atoms with van der Waals surface area (Å²) in [6, 6.07) is 17.2. The molecule has 0 atom stereocenters. The Balaban J connectivity index is 1.95. The predicted octanol–water partition coefficient (Wildman–Crippen LogP) is 5.19. The highest BCUT2D eigenvalue weighted by Crippen LogP contribution is 2.27. The molecule has 0 bridgehead atoms. The lowest BCUT2D eigenvalue weighted by molar-refractivity contribution is 0.0999. The zero-order valence-electron chi connectivity index (χ0n) is 14.6. The van der Waals surface area contributed by atoms with Gasteiger partial charge in [-0.05, 0) is 41.5 Å². The van der Waals surface area contributed by atoms with E-state index in [-0.39, 0.29) is 5.91 Å². The zero-order chi connectivity index (χ0) is 19.0. The van der Waals surface area contributed by atoms with E-state index in [9.17, 15) is 4.79 Å². The Bertz CT molecular complexity index is 1300. The van der Waals surface area contributed by atoms with Crippen molar-refractivity contribution in [1.82, 2.24) is 4.57 Å². The number of hydrogen-bond donors (Lipinski definition) is 0. The molecule has 0 spiro atoms. The van der Waals surface area contributed by atoms with E-state index in [1.165, 1.54) is 11.3 Å². The number of nitrogens with zero attached hydrogens (tertiary/aromatic N) is 2. The van der Waals surface area contributed by atoms with Crippen molar-refractivity contribution in [2.24, 2.45) is 4.99 Å². The number of halogens is 1. The first-order valence-electron chi connectivity index (χ1n) is 8.39. The summed E-state index contributed by atoms with van der Waals surface area (Å²) in [4.78, 5) is 17.9. The molecule has 1 heterocycles. The molecule has 0 N–H and O–H groups in total. The van der Waals surface area contributed by atoms with Crippen LogP contribution in [0.2, 0.25) is 5.02 Å². The van der Waals surface area contributed by atoms with Gasteiger partial charge in [0.25, 0.3) is 5.91 Å². The number of carbonyl (C=O) groups excluding carboxylic acids is 1. The highest BCUT2D eigenvalue weighted by atomic mass is 35.5. The molecule has 0 saturated carbocycles. The van der Waals surface area contributed by atoms with E-state index in [0.717, 1.165) is 26.6 Å². The number of rotatable bonds is 2. The van der Waals surface area contributed by atoms with Crippen molar-refractivity contribution in [2.45, 2.75) is 13.5 Å². The maximum absolute atomic E-state index is 13.0. The second kappa shape index (κ2) is 7.03. The molecule has 27 heavy (non-hydrogen) atoms. The van der Waals surface area contributed by atoms with E-state index in [4.69, 9.17) is 18.0 Å².